The van der Waals surface area contributed by atoms with Gasteiger partial charge in [0.25, 0.3) is 0 Å². The molecule has 0 bridgehead atoms. The Labute approximate surface area is 402 Å². The summed E-state index contributed by atoms with van der Waals surface area (Å²) in [6.45, 7) is 0. The van der Waals surface area contributed by atoms with Gasteiger partial charge in [-0.2, -0.15) is 0 Å². The van der Waals surface area contributed by atoms with E-state index < -0.39 is 5.41 Å². The third-order valence-electron chi connectivity index (χ3n) is 14.8. The van der Waals surface area contributed by atoms with Gasteiger partial charge in [-0.05, 0) is 139 Å². The van der Waals surface area contributed by atoms with Crippen molar-refractivity contribution in [2.75, 3.05) is 4.90 Å². The minimum absolute atomic E-state index is 0.463. The third kappa shape index (κ3) is 5.92. The second kappa shape index (κ2) is 15.6. The van der Waals surface area contributed by atoms with Gasteiger partial charge >= 0.3 is 0 Å². The van der Waals surface area contributed by atoms with Crippen molar-refractivity contribution < 1.29 is 0 Å². The molecular formula is C67H44N2. The Morgan fingerprint density at radius 2 is 0.725 bits per heavy atom. The Morgan fingerprint density at radius 3 is 1.36 bits per heavy atom. The van der Waals surface area contributed by atoms with E-state index in [1.807, 2.05) is 0 Å². The maximum absolute atomic E-state index is 2.51. The van der Waals surface area contributed by atoms with Gasteiger partial charge in [-0.1, -0.05) is 200 Å². The van der Waals surface area contributed by atoms with E-state index >= 15 is 0 Å². The minimum atomic E-state index is -0.463. The fraction of sp³-hybridized carbons (Fsp3) is 0.0149. The Morgan fingerprint density at radius 1 is 0.290 bits per heavy atom. The summed E-state index contributed by atoms with van der Waals surface area (Å²) in [6, 6.07) is 98.6. The maximum atomic E-state index is 2.51. The maximum Gasteiger partial charge on any atom is 0.0726 e. The fourth-order valence-electron chi connectivity index (χ4n) is 11.9. The highest BCUT2D eigenvalue weighted by Gasteiger charge is 2.52. The van der Waals surface area contributed by atoms with E-state index in [4.69, 9.17) is 0 Å². The van der Waals surface area contributed by atoms with Gasteiger partial charge in [-0.25, -0.2) is 0 Å². The van der Waals surface area contributed by atoms with Gasteiger partial charge in [0.15, 0.2) is 0 Å². The second-order valence-corrected chi connectivity index (χ2v) is 18.4. The van der Waals surface area contributed by atoms with Gasteiger partial charge in [-0.15, -0.1) is 0 Å². The first kappa shape index (κ1) is 39.2. The van der Waals surface area contributed by atoms with E-state index in [0.29, 0.717) is 0 Å². The van der Waals surface area contributed by atoms with Crippen molar-refractivity contribution in [3.05, 3.63) is 289 Å². The molecule has 0 N–H and O–H groups in total. The molecule has 2 heteroatoms. The van der Waals surface area contributed by atoms with Crippen molar-refractivity contribution in [3.63, 3.8) is 0 Å². The lowest BCUT2D eigenvalue weighted by atomic mass is 9.70. The first-order valence-corrected chi connectivity index (χ1v) is 23.9. The second-order valence-electron chi connectivity index (χ2n) is 18.4. The van der Waals surface area contributed by atoms with Gasteiger partial charge in [0.2, 0.25) is 0 Å². The van der Waals surface area contributed by atoms with Gasteiger partial charge in [0, 0.05) is 33.4 Å². The predicted octanol–water partition coefficient (Wildman–Crippen LogP) is 17.6. The third-order valence-corrected chi connectivity index (χ3v) is 14.8. The molecule has 0 aliphatic heterocycles. The summed E-state index contributed by atoms with van der Waals surface area (Å²) >= 11 is 0. The molecule has 0 saturated heterocycles. The van der Waals surface area contributed by atoms with Crippen LogP contribution in [-0.2, 0) is 5.41 Å². The molecule has 1 heterocycles. The summed E-state index contributed by atoms with van der Waals surface area (Å²) in [5.41, 5.74) is 24.0. The van der Waals surface area contributed by atoms with Crippen LogP contribution in [-0.4, -0.2) is 4.57 Å². The molecule has 69 heavy (non-hydrogen) atoms. The average Bonchev–Trinajstić information content (AvgIpc) is 4.04. The van der Waals surface area contributed by atoms with Crippen molar-refractivity contribution in [2.24, 2.45) is 0 Å². The molecule has 2 aliphatic rings. The molecule has 0 radical (unpaired) electrons. The molecule has 0 fully saturated rings. The molecule has 1 spiro atoms. The highest BCUT2D eigenvalue weighted by molar-refractivity contribution is 6.12. The summed E-state index contributed by atoms with van der Waals surface area (Å²) in [7, 11) is 0. The first-order chi connectivity index (χ1) is 34.2. The number of nitrogens with zero attached hydrogens (tertiary/aromatic N) is 2. The normalized spacial score (nSPS) is 12.8. The smallest absolute Gasteiger partial charge is 0.0726 e. The van der Waals surface area contributed by atoms with Crippen LogP contribution in [0.2, 0.25) is 0 Å². The highest BCUT2D eigenvalue weighted by atomic mass is 15.1. The number of benzene rings is 11. The number of hydrogen-bond donors (Lipinski definition) is 0. The van der Waals surface area contributed by atoms with Crippen LogP contribution < -0.4 is 4.90 Å². The number of hydrogen-bond acceptors (Lipinski definition) is 1. The summed E-state index contributed by atoms with van der Waals surface area (Å²) in [5, 5.41) is 2.42. The zero-order chi connectivity index (χ0) is 45.5. The summed E-state index contributed by atoms with van der Waals surface area (Å²) < 4.78 is 2.42. The topological polar surface area (TPSA) is 8.17 Å². The van der Waals surface area contributed by atoms with Crippen molar-refractivity contribution in [3.8, 4) is 61.3 Å². The molecule has 0 unspecified atom stereocenters. The van der Waals surface area contributed by atoms with E-state index in [1.165, 1.54) is 99.7 Å². The summed E-state index contributed by atoms with van der Waals surface area (Å²) in [4.78, 5) is 2.51. The van der Waals surface area contributed by atoms with Crippen LogP contribution in [0.1, 0.15) is 22.3 Å². The molecule has 322 valence electrons. The standard InChI is InChI=1S/C67H44N2/c1-4-18-45(19-5-1)48-22-16-23-49(42-48)47-34-37-52(38-35-47)68(53-39-41-64-58(44-53)57-43-50(46-20-6-2-7-21-46)36-40-63(57)69(64)51-24-8-3-9-25-51)65-33-17-32-62-66(65)56-28-12-15-31-61(56)67(62)59-29-13-10-26-54(59)55-27-11-14-30-60(55)67/h1-44H. The van der Waals surface area contributed by atoms with E-state index in [-0.39, 0.29) is 0 Å². The average molecular weight is 877 g/mol. The molecule has 2 aliphatic carbocycles. The van der Waals surface area contributed by atoms with E-state index in [9.17, 15) is 0 Å². The number of anilines is 3. The molecule has 2 nitrogen and oxygen atoms in total. The molecule has 11 aromatic carbocycles. The predicted molar refractivity (Wildman–Crippen MR) is 288 cm³/mol. The Balaban J connectivity index is 1.02. The molecule has 12 aromatic rings. The lowest BCUT2D eigenvalue weighted by Gasteiger charge is -2.32. The van der Waals surface area contributed by atoms with Crippen molar-refractivity contribution in [1.29, 1.82) is 0 Å². The lowest BCUT2D eigenvalue weighted by molar-refractivity contribution is 0.794. The van der Waals surface area contributed by atoms with Crippen LogP contribution in [0.5, 0.6) is 0 Å². The Bertz CT molecular complexity index is 3890. The zero-order valence-electron chi connectivity index (χ0n) is 37.8. The molecule has 14 rings (SSSR count). The van der Waals surface area contributed by atoms with Crippen LogP contribution in [0.3, 0.4) is 0 Å². The number of para-hydroxylation sites is 1. The monoisotopic (exact) mass is 876 g/mol. The van der Waals surface area contributed by atoms with Crippen LogP contribution in [0, 0.1) is 0 Å². The quantitative estimate of drug-likeness (QED) is 0.155. The molecular weight excluding hydrogens is 833 g/mol. The van der Waals surface area contributed by atoms with Crippen molar-refractivity contribution in [1.82, 2.24) is 4.57 Å². The van der Waals surface area contributed by atoms with Gasteiger partial charge in [0.05, 0.1) is 22.1 Å². The van der Waals surface area contributed by atoms with Crippen molar-refractivity contribution in [2.45, 2.75) is 5.41 Å². The van der Waals surface area contributed by atoms with E-state index in [2.05, 4.69) is 276 Å². The van der Waals surface area contributed by atoms with E-state index in [1.54, 1.807) is 0 Å². The minimum Gasteiger partial charge on any atom is -0.310 e. The first-order valence-electron chi connectivity index (χ1n) is 23.9. The number of rotatable bonds is 7. The molecule has 0 amide bonds. The Kier molecular flexibility index (Phi) is 8.84. The van der Waals surface area contributed by atoms with Crippen LogP contribution >= 0.6 is 0 Å². The lowest BCUT2D eigenvalue weighted by Crippen LogP contribution is -2.26. The largest absolute Gasteiger partial charge is 0.310 e. The molecule has 0 atom stereocenters. The number of fused-ring (bicyclic) bond motifs is 13. The summed E-state index contributed by atoms with van der Waals surface area (Å²) in [5.74, 6) is 0. The molecule has 0 saturated carbocycles. The van der Waals surface area contributed by atoms with Gasteiger partial charge < -0.3 is 9.47 Å². The van der Waals surface area contributed by atoms with Gasteiger partial charge in [-0.3, -0.25) is 0 Å². The van der Waals surface area contributed by atoms with E-state index in [0.717, 1.165) is 22.7 Å². The van der Waals surface area contributed by atoms with Crippen LogP contribution in [0.25, 0.3) is 83.1 Å². The fourth-order valence-corrected chi connectivity index (χ4v) is 11.9. The SMILES string of the molecule is c1ccc(-c2cccc(-c3ccc(N(c4ccc5c(c4)c4cc(-c6ccccc6)ccc4n5-c4ccccc4)c4cccc5c4-c4ccccc4C54c5ccccc5-c5ccccc54)cc3)c2)cc1. The highest BCUT2D eigenvalue weighted by Crippen LogP contribution is 2.64. The van der Waals surface area contributed by atoms with Crippen molar-refractivity contribution >= 4 is 38.9 Å². The number of aromatic nitrogens is 1. The molecule has 1 aromatic heterocycles. The zero-order valence-corrected chi connectivity index (χ0v) is 37.8. The van der Waals surface area contributed by atoms with Crippen LogP contribution in [0.15, 0.2) is 267 Å². The Hall–Kier alpha value is -8.98. The van der Waals surface area contributed by atoms with Gasteiger partial charge in [0.1, 0.15) is 0 Å². The van der Waals surface area contributed by atoms with Crippen LogP contribution in [0.4, 0.5) is 17.1 Å². The summed E-state index contributed by atoms with van der Waals surface area (Å²) in [6.07, 6.45) is 0.